The molecular weight excluding hydrogens is 448 g/mol. The van der Waals surface area contributed by atoms with Crippen LogP contribution in [-0.2, 0) is 9.59 Å². The fourth-order valence-electron chi connectivity index (χ4n) is 3.00. The van der Waals surface area contributed by atoms with Gasteiger partial charge in [-0.2, -0.15) is 5.10 Å². The maximum Gasteiger partial charge on any atom is 0.329 e. The van der Waals surface area contributed by atoms with Crippen LogP contribution in [-0.4, -0.2) is 37.1 Å². The third-order valence-electron chi connectivity index (χ3n) is 4.62. The Balaban J connectivity index is 1.58. The van der Waals surface area contributed by atoms with E-state index in [4.69, 9.17) is 9.47 Å². The van der Waals surface area contributed by atoms with Crippen LogP contribution >= 0.6 is 0 Å². The first kappa shape index (κ1) is 25.0. The molecular formula is C26H26N4O5. The molecule has 0 saturated carbocycles. The Hall–Kier alpha value is -4.66. The number of anilines is 2. The highest BCUT2D eigenvalue weighted by Gasteiger charge is 2.17. The van der Waals surface area contributed by atoms with Crippen LogP contribution in [0.25, 0.3) is 0 Å². The standard InChI is InChI=1S/C26H26N4O5/c1-3-34-20-13-9-18(10-14-20)17-27-30-26(33)25(32)29-23-8-6-5-7-22(23)24(31)28-19-11-15-21(16-12-19)35-4-2/h5-17H,3-4H2,1-2H3,(H,28,31)(H,29,32)(H,30,33)/b27-17-. The van der Waals surface area contributed by atoms with Crippen molar-refractivity contribution >= 4 is 35.3 Å². The number of hydrogen-bond acceptors (Lipinski definition) is 6. The quantitative estimate of drug-likeness (QED) is 0.248. The molecule has 180 valence electrons. The lowest BCUT2D eigenvalue weighted by Crippen LogP contribution is -2.33. The van der Waals surface area contributed by atoms with Crippen molar-refractivity contribution in [2.45, 2.75) is 13.8 Å². The number of ether oxygens (including phenoxy) is 2. The minimum atomic E-state index is -0.978. The van der Waals surface area contributed by atoms with E-state index in [2.05, 4.69) is 21.2 Å². The molecule has 0 aliphatic carbocycles. The molecule has 0 saturated heterocycles. The zero-order chi connectivity index (χ0) is 25.0. The first-order chi connectivity index (χ1) is 17.0. The van der Waals surface area contributed by atoms with Crippen LogP contribution in [0.3, 0.4) is 0 Å². The summed E-state index contributed by atoms with van der Waals surface area (Å²) in [7, 11) is 0. The van der Waals surface area contributed by atoms with Crippen molar-refractivity contribution in [3.63, 3.8) is 0 Å². The fraction of sp³-hybridized carbons (Fsp3) is 0.154. The average molecular weight is 475 g/mol. The van der Waals surface area contributed by atoms with Crippen molar-refractivity contribution in [1.29, 1.82) is 0 Å². The maximum absolute atomic E-state index is 12.8. The zero-order valence-corrected chi connectivity index (χ0v) is 19.4. The van der Waals surface area contributed by atoms with Gasteiger partial charge in [-0.05, 0) is 80.1 Å². The molecule has 0 fully saturated rings. The predicted octanol–water partition coefficient (Wildman–Crippen LogP) is 3.83. The van der Waals surface area contributed by atoms with Gasteiger partial charge in [-0.1, -0.05) is 12.1 Å². The number of hydrazone groups is 1. The van der Waals surface area contributed by atoms with E-state index in [1.54, 1.807) is 66.7 Å². The third-order valence-corrected chi connectivity index (χ3v) is 4.62. The van der Waals surface area contributed by atoms with Crippen LogP contribution in [0, 0.1) is 0 Å². The van der Waals surface area contributed by atoms with Gasteiger partial charge in [0.1, 0.15) is 11.5 Å². The second kappa shape index (κ2) is 12.5. The summed E-state index contributed by atoms with van der Waals surface area (Å²) in [5, 5.41) is 9.00. The molecule has 0 aliphatic heterocycles. The van der Waals surface area contributed by atoms with Crippen LogP contribution in [0.1, 0.15) is 29.8 Å². The predicted molar refractivity (Wildman–Crippen MR) is 134 cm³/mol. The van der Waals surface area contributed by atoms with Gasteiger partial charge in [0, 0.05) is 5.69 Å². The number of benzene rings is 3. The normalized spacial score (nSPS) is 10.5. The molecule has 0 spiro atoms. The van der Waals surface area contributed by atoms with Gasteiger partial charge >= 0.3 is 11.8 Å². The minimum absolute atomic E-state index is 0.187. The highest BCUT2D eigenvalue weighted by molar-refractivity contribution is 6.40. The largest absolute Gasteiger partial charge is 0.494 e. The van der Waals surface area contributed by atoms with Crippen LogP contribution in [0.15, 0.2) is 77.9 Å². The van der Waals surface area contributed by atoms with Crippen molar-refractivity contribution < 1.29 is 23.9 Å². The Bertz CT molecular complexity index is 1190. The zero-order valence-electron chi connectivity index (χ0n) is 19.4. The Labute approximate surface area is 203 Å². The van der Waals surface area contributed by atoms with Crippen LogP contribution in [0.2, 0.25) is 0 Å². The third kappa shape index (κ3) is 7.43. The average Bonchev–Trinajstić information content (AvgIpc) is 2.87. The van der Waals surface area contributed by atoms with E-state index in [-0.39, 0.29) is 11.3 Å². The highest BCUT2D eigenvalue weighted by atomic mass is 16.5. The Morgan fingerprint density at radius 3 is 2.00 bits per heavy atom. The summed E-state index contributed by atoms with van der Waals surface area (Å²) in [6, 6.07) is 20.3. The number of nitrogens with one attached hydrogen (secondary N) is 3. The summed E-state index contributed by atoms with van der Waals surface area (Å²) in [4.78, 5) is 37.3. The van der Waals surface area contributed by atoms with E-state index in [1.165, 1.54) is 12.3 Å². The van der Waals surface area contributed by atoms with Gasteiger partial charge in [0.25, 0.3) is 5.91 Å². The maximum atomic E-state index is 12.8. The van der Waals surface area contributed by atoms with Gasteiger partial charge in [0.15, 0.2) is 0 Å². The second-order valence-corrected chi connectivity index (χ2v) is 7.11. The molecule has 3 amide bonds. The molecule has 0 unspecified atom stereocenters. The summed E-state index contributed by atoms with van der Waals surface area (Å²) in [6.45, 7) is 4.88. The van der Waals surface area contributed by atoms with Crippen molar-refractivity contribution in [1.82, 2.24) is 5.43 Å². The molecule has 3 aromatic rings. The van der Waals surface area contributed by atoms with E-state index in [1.807, 2.05) is 13.8 Å². The van der Waals surface area contributed by atoms with E-state index >= 15 is 0 Å². The van der Waals surface area contributed by atoms with Crippen LogP contribution in [0.5, 0.6) is 11.5 Å². The van der Waals surface area contributed by atoms with E-state index in [0.717, 1.165) is 5.75 Å². The lowest BCUT2D eigenvalue weighted by molar-refractivity contribution is -0.136. The minimum Gasteiger partial charge on any atom is -0.494 e. The van der Waals surface area contributed by atoms with Crippen molar-refractivity contribution in [2.24, 2.45) is 5.10 Å². The molecule has 3 N–H and O–H groups in total. The van der Waals surface area contributed by atoms with Crippen molar-refractivity contribution in [2.75, 3.05) is 23.8 Å². The topological polar surface area (TPSA) is 118 Å². The molecule has 0 radical (unpaired) electrons. The van der Waals surface area contributed by atoms with Crippen molar-refractivity contribution in [3.8, 4) is 11.5 Å². The number of amides is 3. The first-order valence-corrected chi connectivity index (χ1v) is 11.0. The summed E-state index contributed by atoms with van der Waals surface area (Å²) in [5.74, 6) is -0.976. The van der Waals surface area contributed by atoms with Gasteiger partial charge in [-0.15, -0.1) is 0 Å². The first-order valence-electron chi connectivity index (χ1n) is 11.0. The molecule has 0 aliphatic rings. The van der Waals surface area contributed by atoms with Gasteiger partial charge in [-0.3, -0.25) is 14.4 Å². The number of hydrogen-bond donors (Lipinski definition) is 3. The van der Waals surface area contributed by atoms with E-state index in [0.29, 0.717) is 30.2 Å². The Morgan fingerprint density at radius 1 is 0.771 bits per heavy atom. The molecule has 35 heavy (non-hydrogen) atoms. The monoisotopic (exact) mass is 474 g/mol. The van der Waals surface area contributed by atoms with Gasteiger partial charge in [0.05, 0.1) is 30.7 Å². The fourth-order valence-corrected chi connectivity index (χ4v) is 3.00. The van der Waals surface area contributed by atoms with Crippen molar-refractivity contribution in [3.05, 3.63) is 83.9 Å². The smallest absolute Gasteiger partial charge is 0.329 e. The Kier molecular flexibility index (Phi) is 8.95. The molecule has 9 heteroatoms. The highest BCUT2D eigenvalue weighted by Crippen LogP contribution is 2.20. The number of carbonyl (C=O) groups excluding carboxylic acids is 3. The molecule has 0 atom stereocenters. The van der Waals surface area contributed by atoms with E-state index < -0.39 is 17.7 Å². The molecule has 0 bridgehead atoms. The summed E-state index contributed by atoms with van der Waals surface area (Å²) in [6.07, 6.45) is 1.40. The summed E-state index contributed by atoms with van der Waals surface area (Å²) < 4.78 is 10.8. The van der Waals surface area contributed by atoms with E-state index in [9.17, 15) is 14.4 Å². The molecule has 9 nitrogen and oxygen atoms in total. The molecule has 3 rings (SSSR count). The van der Waals surface area contributed by atoms with Gasteiger partial charge in [0.2, 0.25) is 0 Å². The molecule has 0 aromatic heterocycles. The molecule has 3 aromatic carbocycles. The number of carbonyl (C=O) groups is 3. The van der Waals surface area contributed by atoms with Crippen LogP contribution < -0.4 is 25.5 Å². The number of rotatable bonds is 9. The van der Waals surface area contributed by atoms with Gasteiger partial charge < -0.3 is 20.1 Å². The summed E-state index contributed by atoms with van der Waals surface area (Å²) in [5.41, 5.74) is 3.82. The SMILES string of the molecule is CCOc1ccc(/C=N\NC(=O)C(=O)Nc2ccccc2C(=O)Nc2ccc(OCC)cc2)cc1. The number of para-hydroxylation sites is 1. The lowest BCUT2D eigenvalue weighted by atomic mass is 10.1. The summed E-state index contributed by atoms with van der Waals surface area (Å²) >= 11 is 0. The second-order valence-electron chi connectivity index (χ2n) is 7.11. The molecule has 0 heterocycles. The lowest BCUT2D eigenvalue weighted by Gasteiger charge is -2.11. The Morgan fingerprint density at radius 2 is 1.37 bits per heavy atom. The van der Waals surface area contributed by atoms with Crippen LogP contribution in [0.4, 0.5) is 11.4 Å². The van der Waals surface area contributed by atoms with Gasteiger partial charge in [-0.25, -0.2) is 5.43 Å². The number of nitrogens with zero attached hydrogens (tertiary/aromatic N) is 1.